The van der Waals surface area contributed by atoms with Gasteiger partial charge in [-0.1, -0.05) is 42.5 Å². The molecule has 0 unspecified atom stereocenters. The number of carbonyl (C=O) groups excluding carboxylic acids is 1. The normalized spacial score (nSPS) is 10.1. The Kier molecular flexibility index (Phi) is 5.07. The zero-order valence-corrected chi connectivity index (χ0v) is 13.9. The highest BCUT2D eigenvalue weighted by atomic mass is 127. The van der Waals surface area contributed by atoms with Crippen LogP contribution in [0.3, 0.4) is 0 Å². The summed E-state index contributed by atoms with van der Waals surface area (Å²) < 4.78 is 1.93. The van der Waals surface area contributed by atoms with Crippen molar-refractivity contribution >= 4 is 16.6 Å². The van der Waals surface area contributed by atoms with Crippen LogP contribution in [0.5, 0.6) is 0 Å². The molecule has 0 aliphatic rings. The molecule has 21 heavy (non-hydrogen) atoms. The molecule has 0 atom stereocenters. The van der Waals surface area contributed by atoms with Crippen LogP contribution in [0.2, 0.25) is 0 Å². The van der Waals surface area contributed by atoms with Crippen molar-refractivity contribution in [1.29, 1.82) is 0 Å². The average Bonchev–Trinajstić information content (AvgIpc) is 2.46. The van der Waals surface area contributed by atoms with Crippen LogP contribution in [0.1, 0.15) is 15.9 Å². The molecular formula is C18H16INO. The Labute approximate surface area is 141 Å². The van der Waals surface area contributed by atoms with Gasteiger partial charge in [-0.15, -0.1) is 0 Å². The van der Waals surface area contributed by atoms with Gasteiger partial charge >= 0.3 is 0 Å². The molecule has 3 rings (SSSR count). The number of carbonyl (C=O) groups is 1. The fourth-order valence-corrected chi connectivity index (χ4v) is 2.47. The van der Waals surface area contributed by atoms with Crippen molar-refractivity contribution in [2.75, 3.05) is 0 Å². The molecule has 1 aromatic heterocycles. The van der Waals surface area contributed by atoms with Crippen molar-refractivity contribution in [3.8, 4) is 0 Å². The summed E-state index contributed by atoms with van der Waals surface area (Å²) in [5.74, 6) is 0.136. The van der Waals surface area contributed by atoms with Gasteiger partial charge in [-0.2, -0.15) is 4.57 Å². The lowest BCUT2D eigenvalue weighted by molar-refractivity contribution is -0.683. The molecule has 2 nitrogen and oxygen atoms in total. The van der Waals surface area contributed by atoms with E-state index >= 15 is 0 Å². The molecular weight excluding hydrogens is 373 g/mol. The highest BCUT2D eigenvalue weighted by molar-refractivity contribution is 6.07. The van der Waals surface area contributed by atoms with E-state index in [2.05, 4.69) is 0 Å². The molecule has 0 saturated carbocycles. The van der Waals surface area contributed by atoms with Crippen LogP contribution >= 0.6 is 0 Å². The fourth-order valence-electron chi connectivity index (χ4n) is 2.47. The van der Waals surface area contributed by atoms with E-state index in [1.807, 2.05) is 78.5 Å². The highest BCUT2D eigenvalue weighted by Gasteiger charge is 2.14. The van der Waals surface area contributed by atoms with Gasteiger partial charge in [0, 0.05) is 17.2 Å². The first-order valence-electron chi connectivity index (χ1n) is 6.71. The molecule has 1 heterocycles. The van der Waals surface area contributed by atoms with E-state index in [1.54, 1.807) is 0 Å². The van der Waals surface area contributed by atoms with Gasteiger partial charge < -0.3 is 24.0 Å². The number of ketones is 1. The molecule has 0 fully saturated rings. The number of benzene rings is 2. The van der Waals surface area contributed by atoms with E-state index in [0.29, 0.717) is 6.54 Å². The summed E-state index contributed by atoms with van der Waals surface area (Å²) in [7, 11) is 0. The molecule has 0 N–H and O–H groups in total. The number of rotatable bonds is 3. The minimum absolute atomic E-state index is 0. The number of aromatic nitrogens is 1. The number of Topliss-reactive ketones (excluding diaryl/α,β-unsaturated/α-hetero) is 1. The lowest BCUT2D eigenvalue weighted by atomic mass is 10.0. The molecule has 0 bridgehead atoms. The summed E-state index contributed by atoms with van der Waals surface area (Å²) in [4.78, 5) is 12.5. The van der Waals surface area contributed by atoms with E-state index in [1.165, 1.54) is 0 Å². The van der Waals surface area contributed by atoms with E-state index in [9.17, 15) is 4.79 Å². The Balaban J connectivity index is 0.00000161. The topological polar surface area (TPSA) is 20.9 Å². The summed E-state index contributed by atoms with van der Waals surface area (Å²) in [6, 6.07) is 17.9. The van der Waals surface area contributed by atoms with Crippen molar-refractivity contribution < 1.29 is 33.3 Å². The van der Waals surface area contributed by atoms with Crippen LogP contribution in [0.4, 0.5) is 0 Å². The molecule has 0 saturated heterocycles. The monoisotopic (exact) mass is 389 g/mol. The summed E-state index contributed by atoms with van der Waals surface area (Å²) in [6.07, 6.45) is 3.92. The third kappa shape index (κ3) is 3.47. The number of halogens is 1. The Hall–Kier alpha value is -1.75. The van der Waals surface area contributed by atoms with E-state index < -0.39 is 0 Å². The lowest BCUT2D eigenvalue weighted by Gasteiger charge is -2.04. The maximum absolute atomic E-state index is 12.5. The predicted octanol–water partition coefficient (Wildman–Crippen LogP) is 0.323. The first-order valence-corrected chi connectivity index (χ1v) is 6.71. The number of fused-ring (bicyclic) bond motifs is 1. The SMILES string of the molecule is Cc1ccc[n+](CC(=O)c2cccc3ccccc23)c1.[I-]. The van der Waals surface area contributed by atoms with Gasteiger partial charge in [0.2, 0.25) is 12.3 Å². The zero-order valence-electron chi connectivity index (χ0n) is 11.8. The van der Waals surface area contributed by atoms with E-state index in [4.69, 9.17) is 0 Å². The van der Waals surface area contributed by atoms with Gasteiger partial charge in [0.1, 0.15) is 0 Å². The number of pyridine rings is 1. The van der Waals surface area contributed by atoms with Crippen LogP contribution in [-0.2, 0) is 6.54 Å². The van der Waals surface area contributed by atoms with Crippen molar-refractivity contribution in [3.63, 3.8) is 0 Å². The van der Waals surface area contributed by atoms with Gasteiger partial charge in [0.25, 0.3) is 0 Å². The summed E-state index contributed by atoms with van der Waals surface area (Å²) in [5, 5.41) is 2.13. The smallest absolute Gasteiger partial charge is 0.228 e. The first-order chi connectivity index (χ1) is 9.74. The molecule has 3 aromatic rings. The van der Waals surface area contributed by atoms with Crippen molar-refractivity contribution in [2.24, 2.45) is 0 Å². The molecule has 2 aromatic carbocycles. The molecule has 106 valence electrons. The van der Waals surface area contributed by atoms with Crippen LogP contribution in [-0.4, -0.2) is 5.78 Å². The van der Waals surface area contributed by atoms with Crippen LogP contribution in [0.15, 0.2) is 67.0 Å². The summed E-state index contributed by atoms with van der Waals surface area (Å²) in [5.41, 5.74) is 1.94. The van der Waals surface area contributed by atoms with Gasteiger partial charge in [0.05, 0.1) is 0 Å². The Bertz CT molecular complexity index is 778. The van der Waals surface area contributed by atoms with E-state index in [0.717, 1.165) is 21.9 Å². The number of aryl methyl sites for hydroxylation is 1. The standard InChI is InChI=1S/C18H16NO.HI/c1-14-6-5-11-19(12-14)13-18(20)17-10-4-8-15-7-2-3-9-16(15)17;/h2-12H,13H2,1H3;1H/q+1;/p-1. The third-order valence-corrected chi connectivity index (χ3v) is 3.42. The lowest BCUT2D eigenvalue weighted by Crippen LogP contribution is -3.00. The molecule has 0 amide bonds. The summed E-state index contributed by atoms with van der Waals surface area (Å²) >= 11 is 0. The number of hydrogen-bond donors (Lipinski definition) is 0. The number of hydrogen-bond acceptors (Lipinski definition) is 1. The van der Waals surface area contributed by atoms with Gasteiger partial charge in [-0.25, -0.2) is 0 Å². The number of nitrogens with zero attached hydrogens (tertiary/aromatic N) is 1. The molecule has 3 heteroatoms. The van der Waals surface area contributed by atoms with Crippen molar-refractivity contribution in [2.45, 2.75) is 13.5 Å². The second-order valence-electron chi connectivity index (χ2n) is 5.00. The Morgan fingerprint density at radius 1 is 1.00 bits per heavy atom. The second kappa shape index (κ2) is 6.80. The Morgan fingerprint density at radius 2 is 1.76 bits per heavy atom. The predicted molar refractivity (Wildman–Crippen MR) is 79.7 cm³/mol. The fraction of sp³-hybridized carbons (Fsp3) is 0.111. The van der Waals surface area contributed by atoms with Crippen molar-refractivity contribution in [1.82, 2.24) is 0 Å². The Morgan fingerprint density at radius 3 is 2.57 bits per heavy atom. The second-order valence-corrected chi connectivity index (χ2v) is 5.00. The molecule has 0 aliphatic carbocycles. The first kappa shape index (κ1) is 15.6. The van der Waals surface area contributed by atoms with E-state index in [-0.39, 0.29) is 29.8 Å². The highest BCUT2D eigenvalue weighted by Crippen LogP contribution is 2.18. The van der Waals surface area contributed by atoms with Crippen LogP contribution in [0.25, 0.3) is 10.8 Å². The maximum atomic E-state index is 12.5. The third-order valence-electron chi connectivity index (χ3n) is 3.42. The molecule has 0 aliphatic heterocycles. The molecule has 0 spiro atoms. The van der Waals surface area contributed by atoms with Gasteiger partial charge in [0.15, 0.2) is 12.4 Å². The van der Waals surface area contributed by atoms with Crippen molar-refractivity contribution in [3.05, 3.63) is 78.1 Å². The minimum Gasteiger partial charge on any atom is -1.00 e. The summed E-state index contributed by atoms with van der Waals surface area (Å²) in [6.45, 7) is 2.40. The van der Waals surface area contributed by atoms with Crippen LogP contribution < -0.4 is 28.5 Å². The largest absolute Gasteiger partial charge is 1.00 e. The van der Waals surface area contributed by atoms with Gasteiger partial charge in [-0.3, -0.25) is 4.79 Å². The van der Waals surface area contributed by atoms with Crippen LogP contribution in [0, 0.1) is 6.92 Å². The quantitative estimate of drug-likeness (QED) is 0.359. The maximum Gasteiger partial charge on any atom is 0.228 e. The average molecular weight is 389 g/mol. The minimum atomic E-state index is 0. The molecule has 0 radical (unpaired) electrons. The van der Waals surface area contributed by atoms with Gasteiger partial charge in [-0.05, 0) is 23.8 Å². The zero-order chi connectivity index (χ0) is 13.9.